The van der Waals surface area contributed by atoms with Gasteiger partial charge in [0.15, 0.2) is 0 Å². The highest BCUT2D eigenvalue weighted by atomic mass is 19.4. The van der Waals surface area contributed by atoms with E-state index in [0.717, 1.165) is 31.4 Å². The summed E-state index contributed by atoms with van der Waals surface area (Å²) in [7, 11) is 0. The van der Waals surface area contributed by atoms with Crippen LogP contribution in [0.2, 0.25) is 0 Å². The van der Waals surface area contributed by atoms with Crippen LogP contribution in [0.3, 0.4) is 0 Å². The Morgan fingerprint density at radius 1 is 1.30 bits per heavy atom. The molecule has 0 aliphatic heterocycles. The maximum Gasteiger partial charge on any atom is 0.416 e. The first-order chi connectivity index (χ1) is 9.38. The highest BCUT2D eigenvalue weighted by Gasteiger charge is 2.42. The molecule has 0 aromatic carbocycles. The molecule has 0 unspecified atom stereocenters. The topological polar surface area (TPSA) is 57.2 Å². The molecule has 1 saturated carbocycles. The monoisotopic (exact) mass is 289 g/mol. The number of hydrogen-bond donors (Lipinski definition) is 3. The number of alkyl halides is 3. The van der Waals surface area contributed by atoms with Crippen molar-refractivity contribution in [2.24, 2.45) is 0 Å². The van der Waals surface area contributed by atoms with Crippen molar-refractivity contribution < 1.29 is 18.3 Å². The Kier molecular flexibility index (Phi) is 4.08. The first-order valence-corrected chi connectivity index (χ1v) is 6.61. The standard InChI is InChI=1S/C13H18F3N3O/c1-2-5-17-10-6-9(13(14,15)16)7-11(18-10)19-12(8-20)3-4-12/h6-7,20H,2-5,8H2,1H3,(H2,17,18,19). The van der Waals surface area contributed by atoms with Gasteiger partial charge in [-0.1, -0.05) is 6.92 Å². The number of nitrogens with one attached hydrogen (secondary N) is 2. The second kappa shape index (κ2) is 5.47. The Hall–Kier alpha value is -1.50. The molecule has 7 heteroatoms. The molecular weight excluding hydrogens is 271 g/mol. The highest BCUT2D eigenvalue weighted by molar-refractivity contribution is 5.52. The van der Waals surface area contributed by atoms with Crippen molar-refractivity contribution in [1.82, 2.24) is 4.98 Å². The van der Waals surface area contributed by atoms with E-state index >= 15 is 0 Å². The zero-order valence-electron chi connectivity index (χ0n) is 11.2. The van der Waals surface area contributed by atoms with Crippen LogP contribution in [0.4, 0.5) is 24.8 Å². The van der Waals surface area contributed by atoms with E-state index in [-0.39, 0.29) is 18.2 Å². The number of anilines is 2. The maximum atomic E-state index is 12.9. The van der Waals surface area contributed by atoms with E-state index in [1.54, 1.807) is 0 Å². The molecule has 0 amide bonds. The smallest absolute Gasteiger partial charge is 0.394 e. The fourth-order valence-electron chi connectivity index (χ4n) is 1.85. The van der Waals surface area contributed by atoms with Gasteiger partial charge in [-0.2, -0.15) is 13.2 Å². The van der Waals surface area contributed by atoms with Gasteiger partial charge in [0.05, 0.1) is 17.7 Å². The lowest BCUT2D eigenvalue weighted by Gasteiger charge is -2.18. The minimum atomic E-state index is -4.42. The summed E-state index contributed by atoms with van der Waals surface area (Å²) < 4.78 is 38.6. The third kappa shape index (κ3) is 3.53. The van der Waals surface area contributed by atoms with Gasteiger partial charge < -0.3 is 15.7 Å². The van der Waals surface area contributed by atoms with Gasteiger partial charge in [-0.3, -0.25) is 0 Å². The molecule has 20 heavy (non-hydrogen) atoms. The minimum Gasteiger partial charge on any atom is -0.394 e. The average Bonchev–Trinajstić information content (AvgIpc) is 3.15. The van der Waals surface area contributed by atoms with Gasteiger partial charge in [-0.05, 0) is 31.4 Å². The van der Waals surface area contributed by atoms with Crippen LogP contribution in [0.1, 0.15) is 31.7 Å². The first-order valence-electron chi connectivity index (χ1n) is 6.61. The third-order valence-corrected chi connectivity index (χ3v) is 3.26. The van der Waals surface area contributed by atoms with Gasteiger partial charge in [0, 0.05) is 6.54 Å². The molecule has 0 spiro atoms. The van der Waals surface area contributed by atoms with Gasteiger partial charge in [0.1, 0.15) is 11.6 Å². The van der Waals surface area contributed by atoms with E-state index < -0.39 is 17.3 Å². The van der Waals surface area contributed by atoms with Crippen molar-refractivity contribution in [3.8, 4) is 0 Å². The van der Waals surface area contributed by atoms with E-state index in [1.807, 2.05) is 6.92 Å². The summed E-state index contributed by atoms with van der Waals surface area (Å²) in [5.41, 5.74) is -1.25. The van der Waals surface area contributed by atoms with Gasteiger partial charge in [-0.15, -0.1) is 0 Å². The summed E-state index contributed by atoms with van der Waals surface area (Å²) in [4.78, 5) is 4.12. The van der Waals surface area contributed by atoms with Crippen LogP contribution < -0.4 is 10.6 Å². The molecule has 112 valence electrons. The Bertz CT molecular complexity index is 472. The van der Waals surface area contributed by atoms with Gasteiger partial charge >= 0.3 is 6.18 Å². The number of hydrogen-bond acceptors (Lipinski definition) is 4. The summed E-state index contributed by atoms with van der Waals surface area (Å²) in [5.74, 6) is 0.336. The van der Waals surface area contributed by atoms with E-state index in [1.165, 1.54) is 0 Å². The summed E-state index contributed by atoms with van der Waals surface area (Å²) in [6.45, 7) is 2.37. The quantitative estimate of drug-likeness (QED) is 0.753. The van der Waals surface area contributed by atoms with Crippen LogP contribution in [0, 0.1) is 0 Å². The molecule has 0 radical (unpaired) electrons. The largest absolute Gasteiger partial charge is 0.416 e. The lowest BCUT2D eigenvalue weighted by molar-refractivity contribution is -0.137. The zero-order chi connectivity index (χ0) is 14.8. The molecule has 0 atom stereocenters. The molecule has 1 aliphatic rings. The Morgan fingerprint density at radius 3 is 2.45 bits per heavy atom. The van der Waals surface area contributed by atoms with Crippen LogP contribution in [0.15, 0.2) is 12.1 Å². The maximum absolute atomic E-state index is 12.9. The summed E-state index contributed by atoms with van der Waals surface area (Å²) in [6.07, 6.45) is -2.16. The Balaban J connectivity index is 2.25. The van der Waals surface area contributed by atoms with Crippen LogP contribution in [0.5, 0.6) is 0 Å². The molecule has 1 aliphatic carbocycles. The zero-order valence-corrected chi connectivity index (χ0v) is 11.2. The lowest BCUT2D eigenvalue weighted by Crippen LogP contribution is -2.26. The molecule has 1 fully saturated rings. The van der Waals surface area contributed by atoms with Crippen LogP contribution in [-0.2, 0) is 6.18 Å². The third-order valence-electron chi connectivity index (χ3n) is 3.26. The number of aliphatic hydroxyl groups excluding tert-OH is 1. The number of nitrogens with zero attached hydrogens (tertiary/aromatic N) is 1. The van der Waals surface area contributed by atoms with E-state index in [2.05, 4.69) is 15.6 Å². The molecule has 1 heterocycles. The van der Waals surface area contributed by atoms with Crippen molar-refractivity contribution in [3.05, 3.63) is 17.7 Å². The molecule has 1 aromatic heterocycles. The number of rotatable bonds is 6. The van der Waals surface area contributed by atoms with E-state index in [0.29, 0.717) is 6.54 Å². The van der Waals surface area contributed by atoms with Crippen LogP contribution in [0.25, 0.3) is 0 Å². The lowest BCUT2D eigenvalue weighted by atomic mass is 10.2. The molecule has 2 rings (SSSR count). The summed E-state index contributed by atoms with van der Waals surface area (Å²) in [5, 5.41) is 15.0. The van der Waals surface area contributed by atoms with E-state index in [4.69, 9.17) is 0 Å². The molecule has 4 nitrogen and oxygen atoms in total. The fourth-order valence-corrected chi connectivity index (χ4v) is 1.85. The average molecular weight is 289 g/mol. The van der Waals surface area contributed by atoms with Crippen molar-refractivity contribution in [2.45, 2.75) is 37.9 Å². The van der Waals surface area contributed by atoms with Crippen molar-refractivity contribution >= 4 is 11.6 Å². The SMILES string of the molecule is CCCNc1cc(C(F)(F)F)cc(NC2(CO)CC2)n1. The van der Waals surface area contributed by atoms with Gasteiger partial charge in [0.2, 0.25) is 0 Å². The van der Waals surface area contributed by atoms with Crippen molar-refractivity contribution in [1.29, 1.82) is 0 Å². The fraction of sp³-hybridized carbons (Fsp3) is 0.615. The number of pyridine rings is 1. The van der Waals surface area contributed by atoms with Gasteiger partial charge in [0.25, 0.3) is 0 Å². The van der Waals surface area contributed by atoms with Crippen LogP contribution in [-0.4, -0.2) is 28.8 Å². The Labute approximate surface area is 115 Å². The first kappa shape index (κ1) is 14.9. The van der Waals surface area contributed by atoms with E-state index in [9.17, 15) is 18.3 Å². The molecule has 0 saturated heterocycles. The minimum absolute atomic E-state index is 0.108. The van der Waals surface area contributed by atoms with Crippen LogP contribution >= 0.6 is 0 Å². The number of halogens is 3. The summed E-state index contributed by atoms with van der Waals surface area (Å²) >= 11 is 0. The second-order valence-electron chi connectivity index (χ2n) is 5.11. The van der Waals surface area contributed by atoms with Crippen molar-refractivity contribution in [3.63, 3.8) is 0 Å². The molecule has 3 N–H and O–H groups in total. The number of aromatic nitrogens is 1. The molecule has 0 bridgehead atoms. The highest BCUT2D eigenvalue weighted by Crippen LogP contribution is 2.39. The van der Waals surface area contributed by atoms with Crippen molar-refractivity contribution in [2.75, 3.05) is 23.8 Å². The molecule has 1 aromatic rings. The normalized spacial score (nSPS) is 16.9. The molecular formula is C13H18F3N3O. The number of aliphatic hydroxyl groups is 1. The second-order valence-corrected chi connectivity index (χ2v) is 5.11. The summed E-state index contributed by atoms with van der Waals surface area (Å²) in [6, 6.07) is 1.98. The predicted octanol–water partition coefficient (Wildman–Crippen LogP) is 2.86. The van der Waals surface area contributed by atoms with Gasteiger partial charge in [-0.25, -0.2) is 4.98 Å². The predicted molar refractivity (Wildman–Crippen MR) is 70.7 cm³/mol. The Morgan fingerprint density at radius 2 is 1.95 bits per heavy atom.